The summed E-state index contributed by atoms with van der Waals surface area (Å²) in [5.74, 6) is -3.22. The van der Waals surface area contributed by atoms with Crippen LogP contribution in [-0.4, -0.2) is 34.8 Å². The van der Waals surface area contributed by atoms with Crippen molar-refractivity contribution in [2.45, 2.75) is 44.9 Å². The first-order valence-electron chi connectivity index (χ1n) is 9.38. The molecule has 1 saturated carbocycles. The average Bonchev–Trinajstić information content (AvgIpc) is 3.51. The van der Waals surface area contributed by atoms with Crippen LogP contribution in [0.25, 0.3) is 0 Å². The minimum atomic E-state index is -1.71. The Morgan fingerprint density at radius 2 is 1.87 bits per heavy atom. The van der Waals surface area contributed by atoms with E-state index in [-0.39, 0.29) is 34.6 Å². The summed E-state index contributed by atoms with van der Waals surface area (Å²) >= 11 is -0.472. The van der Waals surface area contributed by atoms with Crippen LogP contribution in [0.2, 0.25) is 0 Å². The number of aliphatic hydroxyl groups excluding tert-OH is 1. The molecule has 2 atom stereocenters. The molecule has 1 aromatic carbocycles. The monoisotopic (exact) mass is 657 g/mol. The van der Waals surface area contributed by atoms with Crippen LogP contribution in [0.5, 0.6) is 0 Å². The molecule has 2 aliphatic heterocycles. The Labute approximate surface area is 194 Å². The van der Waals surface area contributed by atoms with Gasteiger partial charge >= 0.3 is 41.3 Å². The molecular formula is C19H22Cl2F2N4O3Pt. The quantitative estimate of drug-likeness (QED) is 0.369. The molecule has 174 valence electrons. The van der Waals surface area contributed by atoms with Crippen LogP contribution in [0.15, 0.2) is 23.7 Å². The number of carboxylic acid groups (broad SMARTS) is 1. The SMILES string of the molecule is CC1=CN(c2c(F)c(N)c3c(c2F)N(C2CC2)C=C(C(=O)O)C3O)CC(C)N1.[Cl][Pt][Cl]. The number of hydrogen-bond acceptors (Lipinski definition) is 6. The fourth-order valence-corrected chi connectivity index (χ4v) is 3.94. The molecule has 1 aliphatic carbocycles. The van der Waals surface area contributed by atoms with E-state index in [1.165, 1.54) is 16.0 Å². The molecule has 5 N–H and O–H groups in total. The van der Waals surface area contributed by atoms with Gasteiger partial charge in [0, 0.05) is 42.3 Å². The maximum absolute atomic E-state index is 15.7. The fraction of sp³-hybridized carbons (Fsp3) is 0.421. The number of carboxylic acids is 1. The second-order valence-electron chi connectivity index (χ2n) is 7.64. The van der Waals surface area contributed by atoms with E-state index in [4.69, 9.17) is 24.6 Å². The summed E-state index contributed by atoms with van der Waals surface area (Å²) in [6, 6.07) is -0.142. The zero-order valence-corrected chi connectivity index (χ0v) is 20.4. The number of allylic oxidation sites excluding steroid dienone is 1. The molecule has 7 nitrogen and oxygen atoms in total. The number of nitrogens with zero attached hydrogens (tertiary/aromatic N) is 2. The average molecular weight is 658 g/mol. The van der Waals surface area contributed by atoms with E-state index < -0.39 is 45.9 Å². The molecule has 1 aromatic rings. The van der Waals surface area contributed by atoms with Crippen LogP contribution >= 0.6 is 18.8 Å². The first-order valence-corrected chi connectivity index (χ1v) is 15.0. The van der Waals surface area contributed by atoms with Crippen molar-refractivity contribution in [3.63, 3.8) is 0 Å². The predicted molar refractivity (Wildman–Crippen MR) is 112 cm³/mol. The van der Waals surface area contributed by atoms with Gasteiger partial charge in [0.05, 0.1) is 16.9 Å². The Hall–Kier alpha value is -1.54. The van der Waals surface area contributed by atoms with Crippen LogP contribution in [0.4, 0.5) is 25.8 Å². The van der Waals surface area contributed by atoms with Gasteiger partial charge in [-0.15, -0.1) is 0 Å². The van der Waals surface area contributed by atoms with Gasteiger partial charge in [0.2, 0.25) is 0 Å². The van der Waals surface area contributed by atoms with Gasteiger partial charge in [0.25, 0.3) is 0 Å². The van der Waals surface area contributed by atoms with Gasteiger partial charge in [-0.05, 0) is 26.7 Å². The van der Waals surface area contributed by atoms with E-state index in [1.54, 1.807) is 13.1 Å². The molecule has 0 amide bonds. The third-order valence-corrected chi connectivity index (χ3v) is 5.28. The summed E-state index contributed by atoms with van der Waals surface area (Å²) in [6.45, 7) is 4.01. The van der Waals surface area contributed by atoms with Gasteiger partial charge in [-0.25, -0.2) is 13.6 Å². The van der Waals surface area contributed by atoms with Crippen molar-refractivity contribution in [2.24, 2.45) is 0 Å². The van der Waals surface area contributed by atoms with Crippen LogP contribution in [0, 0.1) is 11.6 Å². The summed E-state index contributed by atoms with van der Waals surface area (Å²) in [5.41, 5.74) is 5.36. The molecule has 31 heavy (non-hydrogen) atoms. The Morgan fingerprint density at radius 3 is 2.39 bits per heavy atom. The second kappa shape index (κ2) is 9.53. The molecular weight excluding hydrogens is 636 g/mol. The first kappa shape index (κ1) is 24.1. The van der Waals surface area contributed by atoms with Crippen molar-refractivity contribution in [2.75, 3.05) is 22.1 Å². The van der Waals surface area contributed by atoms with Gasteiger partial charge < -0.3 is 31.1 Å². The number of benzene rings is 1. The third kappa shape index (κ3) is 4.65. The molecule has 0 saturated heterocycles. The molecule has 2 heterocycles. The number of aliphatic hydroxyl groups is 1. The standard InChI is InChI=1S/C19H22F2N4O3.2ClH.Pt/c1-8-5-24(6-9(2)23-8)17-13(20)15(22)12-16(14(17)21)25(10-3-4-10)7-11(18(12)26)19(27)28;;;/h5,7,9-10,18,23,26H,3-4,6,22H2,1-2H3,(H,27,28);2*1H;/q;;;+2/p-2. The van der Waals surface area contributed by atoms with Gasteiger partial charge in [-0.1, -0.05) is 0 Å². The normalized spacial score (nSPS) is 22.7. The Morgan fingerprint density at radius 1 is 1.26 bits per heavy atom. The van der Waals surface area contributed by atoms with Crippen molar-refractivity contribution < 1.29 is 40.3 Å². The summed E-state index contributed by atoms with van der Waals surface area (Å²) in [7, 11) is 9.75. The summed E-state index contributed by atoms with van der Waals surface area (Å²) in [5, 5.41) is 23.1. The number of halogens is 4. The van der Waals surface area contributed by atoms with Crippen LogP contribution in [-0.2, 0) is 21.3 Å². The van der Waals surface area contributed by atoms with Crippen LogP contribution in [0.3, 0.4) is 0 Å². The van der Waals surface area contributed by atoms with Crippen molar-refractivity contribution in [3.8, 4) is 0 Å². The molecule has 0 spiro atoms. The molecule has 1 fully saturated rings. The first-order chi connectivity index (χ1) is 14.6. The summed E-state index contributed by atoms with van der Waals surface area (Å²) in [4.78, 5) is 14.5. The second-order valence-corrected chi connectivity index (χ2v) is 10.9. The van der Waals surface area contributed by atoms with E-state index in [1.807, 2.05) is 6.92 Å². The van der Waals surface area contributed by atoms with Crippen molar-refractivity contribution in [1.29, 1.82) is 0 Å². The predicted octanol–water partition coefficient (Wildman–Crippen LogP) is 3.57. The zero-order chi connectivity index (χ0) is 23.0. The fourth-order valence-electron chi connectivity index (χ4n) is 3.94. The third-order valence-electron chi connectivity index (χ3n) is 5.28. The number of aliphatic carboxylic acids is 1. The van der Waals surface area contributed by atoms with Gasteiger partial charge in [0.1, 0.15) is 11.8 Å². The molecule has 2 unspecified atom stereocenters. The van der Waals surface area contributed by atoms with Crippen LogP contribution in [0.1, 0.15) is 38.4 Å². The number of nitrogen functional groups attached to an aromatic ring is 1. The molecule has 0 radical (unpaired) electrons. The number of hydrogen-bond donors (Lipinski definition) is 4. The van der Waals surface area contributed by atoms with E-state index in [0.717, 1.165) is 18.5 Å². The minimum absolute atomic E-state index is 0.0373. The van der Waals surface area contributed by atoms with Crippen LogP contribution < -0.4 is 20.9 Å². The van der Waals surface area contributed by atoms with E-state index in [9.17, 15) is 15.0 Å². The Balaban J connectivity index is 0.000000858. The number of nitrogens with one attached hydrogen (secondary N) is 1. The summed E-state index contributed by atoms with van der Waals surface area (Å²) < 4.78 is 30.8. The van der Waals surface area contributed by atoms with Crippen molar-refractivity contribution >= 4 is 41.9 Å². The zero-order valence-electron chi connectivity index (χ0n) is 16.6. The molecule has 4 rings (SSSR count). The van der Waals surface area contributed by atoms with E-state index >= 15 is 8.78 Å². The summed E-state index contributed by atoms with van der Waals surface area (Å²) in [6.07, 6.45) is 2.62. The van der Waals surface area contributed by atoms with Crippen molar-refractivity contribution in [1.82, 2.24) is 5.32 Å². The number of carbonyl (C=O) groups is 1. The number of anilines is 3. The van der Waals surface area contributed by atoms with Gasteiger partial charge in [-0.2, -0.15) is 0 Å². The number of rotatable bonds is 3. The Kier molecular flexibility index (Phi) is 7.41. The molecule has 0 bridgehead atoms. The number of nitrogens with two attached hydrogens (primary N) is 1. The Bertz CT molecular complexity index is 959. The molecule has 12 heteroatoms. The van der Waals surface area contributed by atoms with Gasteiger partial charge in [-0.3, -0.25) is 0 Å². The maximum atomic E-state index is 15.7. The molecule has 3 aliphatic rings. The van der Waals surface area contributed by atoms with Crippen molar-refractivity contribution in [3.05, 3.63) is 40.9 Å². The topological polar surface area (TPSA) is 102 Å². The van der Waals surface area contributed by atoms with Gasteiger partial charge in [0.15, 0.2) is 11.6 Å². The van der Waals surface area contributed by atoms with E-state index in [0.29, 0.717) is 6.54 Å². The van der Waals surface area contributed by atoms with E-state index in [2.05, 4.69) is 5.32 Å². The number of fused-ring (bicyclic) bond motifs is 1. The molecule has 0 aromatic heterocycles.